The molecule has 2 N–H and O–H groups in total. The van der Waals surface area contributed by atoms with Crippen molar-refractivity contribution in [3.05, 3.63) is 41.5 Å². The molecule has 128 valence electrons. The number of guanidine groups is 1. The summed E-state index contributed by atoms with van der Waals surface area (Å²) >= 11 is 0. The van der Waals surface area contributed by atoms with Crippen molar-refractivity contribution in [1.29, 1.82) is 0 Å². The van der Waals surface area contributed by atoms with E-state index < -0.39 is 0 Å². The smallest absolute Gasteiger partial charge is 0.191 e. The Labute approximate surface area is 142 Å². The number of aromatic nitrogens is 3. The predicted octanol–water partition coefficient (Wildman–Crippen LogP) is 1.14. The van der Waals surface area contributed by atoms with E-state index >= 15 is 0 Å². The van der Waals surface area contributed by atoms with Crippen LogP contribution in [0.25, 0.3) is 0 Å². The Hall–Kier alpha value is -2.57. The van der Waals surface area contributed by atoms with E-state index in [0.29, 0.717) is 6.54 Å². The number of nitrogens with one attached hydrogen (secondary N) is 2. The van der Waals surface area contributed by atoms with Crippen molar-refractivity contribution < 1.29 is 4.74 Å². The lowest BCUT2D eigenvalue weighted by Gasteiger charge is -2.12. The highest BCUT2D eigenvalue weighted by Gasteiger charge is 2.11. The van der Waals surface area contributed by atoms with E-state index in [9.17, 15) is 0 Å². The maximum atomic E-state index is 5.54. The van der Waals surface area contributed by atoms with Crippen LogP contribution in [0.1, 0.15) is 23.9 Å². The Morgan fingerprint density at radius 3 is 3.12 bits per heavy atom. The van der Waals surface area contributed by atoms with Gasteiger partial charge in [-0.05, 0) is 30.5 Å². The summed E-state index contributed by atoms with van der Waals surface area (Å²) in [7, 11) is 1.77. The molecule has 1 aromatic carbocycles. The number of aliphatic imine (C=N–C) groups is 1. The molecule has 0 amide bonds. The summed E-state index contributed by atoms with van der Waals surface area (Å²) in [5, 5.41) is 14.6. The number of ether oxygens (including phenoxy) is 1. The third-order valence-corrected chi connectivity index (χ3v) is 4.13. The average molecular weight is 328 g/mol. The summed E-state index contributed by atoms with van der Waals surface area (Å²) in [6.07, 6.45) is 3.70. The second-order valence-corrected chi connectivity index (χ2v) is 5.68. The summed E-state index contributed by atoms with van der Waals surface area (Å²) in [5.41, 5.74) is 2.63. The van der Waals surface area contributed by atoms with Gasteiger partial charge in [-0.25, -0.2) is 0 Å². The van der Waals surface area contributed by atoms with Crippen LogP contribution in [0.15, 0.2) is 29.5 Å². The van der Waals surface area contributed by atoms with Crippen molar-refractivity contribution in [2.24, 2.45) is 4.99 Å². The molecule has 0 radical (unpaired) electrons. The molecule has 7 heteroatoms. The number of nitrogens with zero attached hydrogens (tertiary/aromatic N) is 4. The zero-order chi connectivity index (χ0) is 16.8. The van der Waals surface area contributed by atoms with Gasteiger partial charge in [-0.3, -0.25) is 4.99 Å². The van der Waals surface area contributed by atoms with Gasteiger partial charge in [0.25, 0.3) is 0 Å². The van der Waals surface area contributed by atoms with E-state index in [2.05, 4.69) is 50.9 Å². The third kappa shape index (κ3) is 3.84. The van der Waals surface area contributed by atoms with Gasteiger partial charge in [0.2, 0.25) is 0 Å². The molecular formula is C17H24N6O. The van der Waals surface area contributed by atoms with Crippen LogP contribution in [0.2, 0.25) is 0 Å². The lowest BCUT2D eigenvalue weighted by Crippen LogP contribution is -2.38. The van der Waals surface area contributed by atoms with E-state index in [1.807, 2.05) is 4.57 Å². The van der Waals surface area contributed by atoms with Gasteiger partial charge in [-0.1, -0.05) is 12.1 Å². The third-order valence-electron chi connectivity index (χ3n) is 4.13. The summed E-state index contributed by atoms with van der Waals surface area (Å²) in [4.78, 5) is 4.25. The fraction of sp³-hybridized carbons (Fsp3) is 0.471. The molecule has 7 nitrogen and oxygen atoms in total. The Morgan fingerprint density at radius 1 is 1.38 bits per heavy atom. The Bertz CT molecular complexity index is 709. The molecule has 0 saturated carbocycles. The van der Waals surface area contributed by atoms with E-state index in [0.717, 1.165) is 50.1 Å². The van der Waals surface area contributed by atoms with Crippen molar-refractivity contribution in [2.45, 2.75) is 32.9 Å². The van der Waals surface area contributed by atoms with Crippen LogP contribution in [0.5, 0.6) is 5.75 Å². The van der Waals surface area contributed by atoms with Gasteiger partial charge in [0, 0.05) is 26.6 Å². The van der Waals surface area contributed by atoms with Crippen LogP contribution in [-0.2, 0) is 25.9 Å². The largest absolute Gasteiger partial charge is 0.493 e. The van der Waals surface area contributed by atoms with Crippen molar-refractivity contribution >= 4 is 5.96 Å². The zero-order valence-electron chi connectivity index (χ0n) is 14.2. The molecule has 0 spiro atoms. The number of hydrogen-bond acceptors (Lipinski definition) is 4. The quantitative estimate of drug-likeness (QED) is 0.614. The van der Waals surface area contributed by atoms with Crippen LogP contribution in [0, 0.1) is 0 Å². The molecule has 0 atom stereocenters. The van der Waals surface area contributed by atoms with Crippen LogP contribution in [0.4, 0.5) is 0 Å². The Kier molecular flexibility index (Phi) is 5.30. The first-order valence-electron chi connectivity index (χ1n) is 8.36. The predicted molar refractivity (Wildman–Crippen MR) is 93.2 cm³/mol. The fourth-order valence-electron chi connectivity index (χ4n) is 2.78. The number of fused-ring (bicyclic) bond motifs is 1. The molecule has 24 heavy (non-hydrogen) atoms. The fourth-order valence-corrected chi connectivity index (χ4v) is 2.78. The molecule has 0 fully saturated rings. The molecule has 0 bridgehead atoms. The van der Waals surface area contributed by atoms with Crippen LogP contribution in [-0.4, -0.2) is 40.9 Å². The number of benzene rings is 1. The van der Waals surface area contributed by atoms with E-state index in [1.165, 1.54) is 11.1 Å². The highest BCUT2D eigenvalue weighted by atomic mass is 16.5. The maximum Gasteiger partial charge on any atom is 0.191 e. The van der Waals surface area contributed by atoms with Gasteiger partial charge in [0.1, 0.15) is 12.1 Å². The van der Waals surface area contributed by atoms with Crippen LogP contribution < -0.4 is 15.4 Å². The van der Waals surface area contributed by atoms with Gasteiger partial charge >= 0.3 is 0 Å². The molecule has 1 aliphatic rings. The van der Waals surface area contributed by atoms with Crippen molar-refractivity contribution in [2.75, 3.05) is 20.2 Å². The molecule has 2 heterocycles. The summed E-state index contributed by atoms with van der Waals surface area (Å²) < 4.78 is 7.55. The van der Waals surface area contributed by atoms with Gasteiger partial charge in [-0.2, -0.15) is 0 Å². The van der Waals surface area contributed by atoms with Gasteiger partial charge in [0.15, 0.2) is 11.8 Å². The SMILES string of the molecule is CCn1cnnc1CNC(=NC)NCCc1ccc2c(c1)CCO2. The highest BCUT2D eigenvalue weighted by molar-refractivity contribution is 5.79. The van der Waals surface area contributed by atoms with E-state index in [1.54, 1.807) is 13.4 Å². The minimum Gasteiger partial charge on any atom is -0.493 e. The second-order valence-electron chi connectivity index (χ2n) is 5.68. The first-order chi connectivity index (χ1) is 11.8. The lowest BCUT2D eigenvalue weighted by molar-refractivity contribution is 0.357. The molecule has 1 aliphatic heterocycles. The maximum absolute atomic E-state index is 5.54. The summed E-state index contributed by atoms with van der Waals surface area (Å²) in [5.74, 6) is 2.70. The number of rotatable bonds is 6. The topological polar surface area (TPSA) is 76.4 Å². The standard InChI is InChI=1S/C17H24N6O/c1-3-23-12-21-22-16(23)11-20-17(18-2)19-8-6-13-4-5-15-14(10-13)7-9-24-15/h4-5,10,12H,3,6-9,11H2,1-2H3,(H2,18,19,20). The Morgan fingerprint density at radius 2 is 2.29 bits per heavy atom. The van der Waals surface area contributed by atoms with Gasteiger partial charge in [-0.15, -0.1) is 10.2 Å². The zero-order valence-corrected chi connectivity index (χ0v) is 14.2. The minimum absolute atomic E-state index is 0.601. The molecule has 0 aliphatic carbocycles. The highest BCUT2D eigenvalue weighted by Crippen LogP contribution is 2.25. The van der Waals surface area contributed by atoms with Gasteiger partial charge in [0.05, 0.1) is 13.2 Å². The van der Waals surface area contributed by atoms with Crippen molar-refractivity contribution in [3.63, 3.8) is 0 Å². The van der Waals surface area contributed by atoms with Gasteiger partial charge < -0.3 is 19.9 Å². The number of hydrogen-bond donors (Lipinski definition) is 2. The summed E-state index contributed by atoms with van der Waals surface area (Å²) in [6, 6.07) is 6.44. The minimum atomic E-state index is 0.601. The monoisotopic (exact) mass is 328 g/mol. The van der Waals surface area contributed by atoms with Crippen molar-refractivity contribution in [3.8, 4) is 5.75 Å². The first kappa shape index (κ1) is 16.3. The van der Waals surface area contributed by atoms with Crippen LogP contribution >= 0.6 is 0 Å². The number of aryl methyl sites for hydroxylation is 1. The second kappa shape index (κ2) is 7.81. The molecule has 3 rings (SSSR count). The van der Waals surface area contributed by atoms with Crippen molar-refractivity contribution in [1.82, 2.24) is 25.4 Å². The average Bonchev–Trinajstić information content (AvgIpc) is 3.25. The summed E-state index contributed by atoms with van der Waals surface area (Å²) in [6.45, 7) is 5.15. The molecular weight excluding hydrogens is 304 g/mol. The molecule has 2 aromatic rings. The normalized spacial score (nSPS) is 13.5. The first-order valence-corrected chi connectivity index (χ1v) is 8.36. The molecule has 1 aromatic heterocycles. The van der Waals surface area contributed by atoms with Crippen LogP contribution in [0.3, 0.4) is 0 Å². The molecule has 0 saturated heterocycles. The molecule has 0 unspecified atom stereocenters. The van der Waals surface area contributed by atoms with E-state index in [4.69, 9.17) is 4.74 Å². The Balaban J connectivity index is 1.46. The van der Waals surface area contributed by atoms with E-state index in [-0.39, 0.29) is 0 Å². The lowest BCUT2D eigenvalue weighted by atomic mass is 10.1.